The van der Waals surface area contributed by atoms with Crippen molar-refractivity contribution in [1.29, 1.82) is 0 Å². The first-order chi connectivity index (χ1) is 14.7. The van der Waals surface area contributed by atoms with Crippen molar-refractivity contribution >= 4 is 17.5 Å². The van der Waals surface area contributed by atoms with E-state index >= 15 is 0 Å². The molecule has 5 rings (SSSR count). The van der Waals surface area contributed by atoms with Gasteiger partial charge in [0.15, 0.2) is 0 Å². The number of amides is 2. The summed E-state index contributed by atoms with van der Waals surface area (Å²) in [6.07, 6.45) is 10.9. The summed E-state index contributed by atoms with van der Waals surface area (Å²) in [5.41, 5.74) is 4.20. The second-order valence-corrected chi connectivity index (χ2v) is 7.75. The van der Waals surface area contributed by atoms with Crippen LogP contribution >= 0.6 is 0 Å². The second kappa shape index (κ2) is 7.70. The van der Waals surface area contributed by atoms with E-state index in [1.165, 1.54) is 0 Å². The van der Waals surface area contributed by atoms with Crippen molar-refractivity contribution in [3.63, 3.8) is 0 Å². The van der Waals surface area contributed by atoms with E-state index in [1.54, 1.807) is 36.9 Å². The molecule has 0 unspecified atom stereocenters. The maximum atomic E-state index is 13.3. The normalized spacial score (nSPS) is 17.3. The number of hydrogen-bond donors (Lipinski definition) is 1. The molecule has 8 nitrogen and oxygen atoms in total. The van der Waals surface area contributed by atoms with E-state index in [0.29, 0.717) is 30.6 Å². The van der Waals surface area contributed by atoms with Crippen LogP contribution < -0.4 is 10.2 Å². The number of fused-ring (bicyclic) bond motifs is 2. The lowest BCUT2D eigenvalue weighted by Crippen LogP contribution is -2.35. The van der Waals surface area contributed by atoms with Gasteiger partial charge >= 0.3 is 0 Å². The van der Waals surface area contributed by atoms with Crippen LogP contribution in [0.4, 0.5) is 5.69 Å². The molecule has 3 aromatic heterocycles. The molecule has 8 heteroatoms. The number of aromatic nitrogens is 4. The molecule has 5 heterocycles. The van der Waals surface area contributed by atoms with Gasteiger partial charge in [-0.3, -0.25) is 24.2 Å². The van der Waals surface area contributed by atoms with Gasteiger partial charge in [0.25, 0.3) is 11.8 Å². The van der Waals surface area contributed by atoms with Gasteiger partial charge in [0.2, 0.25) is 0 Å². The fraction of sp³-hybridized carbons (Fsp3) is 0.318. The van der Waals surface area contributed by atoms with Gasteiger partial charge in [-0.05, 0) is 48.9 Å². The number of nitrogens with zero attached hydrogens (tertiary/aromatic N) is 5. The molecule has 0 aliphatic carbocycles. The average molecular weight is 402 g/mol. The predicted octanol–water partition coefficient (Wildman–Crippen LogP) is 1.87. The predicted molar refractivity (Wildman–Crippen MR) is 110 cm³/mol. The molecule has 30 heavy (non-hydrogen) atoms. The lowest BCUT2D eigenvalue weighted by Gasteiger charge is -2.25. The minimum Gasteiger partial charge on any atom is -0.352 e. The SMILES string of the molecule is O=C(NC[C@H]1CCn2ncc(C(=O)N3CCc4cnccc43)c2C1)c1cccnc1. The highest BCUT2D eigenvalue weighted by Crippen LogP contribution is 2.30. The van der Waals surface area contributed by atoms with Crippen LogP contribution in [-0.2, 0) is 19.4 Å². The van der Waals surface area contributed by atoms with Crippen LogP contribution in [0.15, 0.2) is 49.2 Å². The second-order valence-electron chi connectivity index (χ2n) is 7.75. The summed E-state index contributed by atoms with van der Waals surface area (Å²) in [5.74, 6) is 0.124. The minimum atomic E-state index is -0.124. The molecule has 1 atom stereocenters. The molecule has 2 amide bonds. The first-order valence-electron chi connectivity index (χ1n) is 10.2. The molecule has 0 aromatic carbocycles. The number of hydrogen-bond acceptors (Lipinski definition) is 5. The first-order valence-corrected chi connectivity index (χ1v) is 10.2. The van der Waals surface area contributed by atoms with Crippen molar-refractivity contribution in [3.05, 3.63) is 71.6 Å². The van der Waals surface area contributed by atoms with E-state index in [-0.39, 0.29) is 17.7 Å². The van der Waals surface area contributed by atoms with Gasteiger partial charge < -0.3 is 10.2 Å². The molecule has 0 saturated heterocycles. The smallest absolute Gasteiger partial charge is 0.261 e. The van der Waals surface area contributed by atoms with Gasteiger partial charge in [-0.25, -0.2) is 0 Å². The number of nitrogens with one attached hydrogen (secondary N) is 1. The van der Waals surface area contributed by atoms with Crippen molar-refractivity contribution in [2.75, 3.05) is 18.0 Å². The largest absolute Gasteiger partial charge is 0.352 e. The third-order valence-corrected chi connectivity index (χ3v) is 5.90. The summed E-state index contributed by atoms with van der Waals surface area (Å²) in [6.45, 7) is 1.97. The molecular formula is C22H22N6O2. The monoisotopic (exact) mass is 402 g/mol. The summed E-state index contributed by atoms with van der Waals surface area (Å²) in [6, 6.07) is 5.39. The van der Waals surface area contributed by atoms with Crippen LogP contribution in [0.5, 0.6) is 0 Å². The molecule has 2 aliphatic heterocycles. The fourth-order valence-corrected chi connectivity index (χ4v) is 4.27. The molecule has 0 fully saturated rings. The number of carbonyl (C=O) groups excluding carboxylic acids is 2. The molecule has 0 saturated carbocycles. The van der Waals surface area contributed by atoms with E-state index in [9.17, 15) is 9.59 Å². The number of rotatable bonds is 4. The van der Waals surface area contributed by atoms with Crippen molar-refractivity contribution in [2.45, 2.75) is 25.8 Å². The Morgan fingerprint density at radius 3 is 2.87 bits per heavy atom. The molecule has 0 spiro atoms. The molecular weight excluding hydrogens is 380 g/mol. The Balaban J connectivity index is 1.29. The fourth-order valence-electron chi connectivity index (χ4n) is 4.27. The molecule has 0 radical (unpaired) electrons. The minimum absolute atomic E-state index is 0.0127. The van der Waals surface area contributed by atoms with Crippen LogP contribution in [0.2, 0.25) is 0 Å². The van der Waals surface area contributed by atoms with E-state index in [4.69, 9.17) is 0 Å². The zero-order valence-electron chi connectivity index (χ0n) is 16.5. The highest BCUT2D eigenvalue weighted by atomic mass is 16.2. The van der Waals surface area contributed by atoms with Gasteiger partial charge in [0, 0.05) is 44.4 Å². The van der Waals surface area contributed by atoms with Crippen molar-refractivity contribution in [3.8, 4) is 0 Å². The Morgan fingerprint density at radius 2 is 2.00 bits per heavy atom. The third-order valence-electron chi connectivity index (χ3n) is 5.90. The van der Waals surface area contributed by atoms with Crippen molar-refractivity contribution in [1.82, 2.24) is 25.1 Å². The third kappa shape index (κ3) is 3.34. The van der Waals surface area contributed by atoms with Gasteiger partial charge in [0.05, 0.1) is 28.7 Å². The van der Waals surface area contributed by atoms with E-state index in [2.05, 4.69) is 20.4 Å². The Hall–Kier alpha value is -3.55. The number of pyridine rings is 2. The zero-order chi connectivity index (χ0) is 20.5. The van der Waals surface area contributed by atoms with Crippen LogP contribution in [0.3, 0.4) is 0 Å². The van der Waals surface area contributed by atoms with Gasteiger partial charge in [-0.2, -0.15) is 5.10 Å². The topological polar surface area (TPSA) is 93.0 Å². The molecule has 3 aromatic rings. The average Bonchev–Trinajstić information content (AvgIpc) is 3.41. The summed E-state index contributed by atoms with van der Waals surface area (Å²) in [4.78, 5) is 35.6. The maximum absolute atomic E-state index is 13.3. The Morgan fingerprint density at radius 1 is 1.10 bits per heavy atom. The standard InChI is InChI=1S/C22H22N6O2/c29-21(17-2-1-6-23-13-17)25-11-15-4-9-28-20(10-15)18(14-26-28)22(30)27-8-5-16-12-24-7-3-19(16)27/h1-3,6-7,12-15H,4-5,8-11H2,(H,25,29)/t15-/m0/s1. The Bertz CT molecular complexity index is 1090. The lowest BCUT2D eigenvalue weighted by molar-refractivity contribution is 0.0941. The number of carbonyl (C=O) groups is 2. The van der Waals surface area contributed by atoms with Crippen molar-refractivity contribution < 1.29 is 9.59 Å². The molecule has 1 N–H and O–H groups in total. The van der Waals surface area contributed by atoms with E-state index in [0.717, 1.165) is 36.3 Å². The quantitative estimate of drug-likeness (QED) is 0.719. The van der Waals surface area contributed by atoms with Crippen LogP contribution in [0.25, 0.3) is 0 Å². The lowest BCUT2D eigenvalue weighted by atomic mass is 9.94. The summed E-state index contributed by atoms with van der Waals surface area (Å²) in [5, 5.41) is 7.44. The molecule has 152 valence electrons. The van der Waals surface area contributed by atoms with Gasteiger partial charge in [0.1, 0.15) is 0 Å². The number of anilines is 1. The van der Waals surface area contributed by atoms with E-state index < -0.39 is 0 Å². The highest BCUT2D eigenvalue weighted by molar-refractivity contribution is 6.07. The first kappa shape index (κ1) is 18.5. The van der Waals surface area contributed by atoms with Gasteiger partial charge in [-0.15, -0.1) is 0 Å². The highest BCUT2D eigenvalue weighted by Gasteiger charge is 2.31. The Labute approximate surface area is 173 Å². The Kier molecular flexibility index (Phi) is 4.74. The summed E-state index contributed by atoms with van der Waals surface area (Å²) >= 11 is 0. The maximum Gasteiger partial charge on any atom is 0.261 e. The van der Waals surface area contributed by atoms with Crippen LogP contribution in [0, 0.1) is 5.92 Å². The zero-order valence-corrected chi connectivity index (χ0v) is 16.5. The summed E-state index contributed by atoms with van der Waals surface area (Å²) in [7, 11) is 0. The van der Waals surface area contributed by atoms with Crippen LogP contribution in [-0.4, -0.2) is 44.7 Å². The molecule has 2 aliphatic rings. The van der Waals surface area contributed by atoms with Crippen LogP contribution in [0.1, 0.15) is 38.4 Å². The van der Waals surface area contributed by atoms with Crippen molar-refractivity contribution in [2.24, 2.45) is 5.92 Å². The van der Waals surface area contributed by atoms with Gasteiger partial charge in [-0.1, -0.05) is 0 Å². The molecule has 0 bridgehead atoms. The number of aryl methyl sites for hydroxylation is 1. The van der Waals surface area contributed by atoms with E-state index in [1.807, 2.05) is 21.8 Å². The summed E-state index contributed by atoms with van der Waals surface area (Å²) < 4.78 is 1.93.